The number of methoxy groups -OCH3 is 1. The predicted molar refractivity (Wildman–Crippen MR) is 130 cm³/mol. The third-order valence-corrected chi connectivity index (χ3v) is 5.92. The van der Waals surface area contributed by atoms with Crippen LogP contribution in [0.5, 0.6) is 0 Å². The Morgan fingerprint density at radius 1 is 1.19 bits per heavy atom. The molecule has 2 aliphatic rings. The van der Waals surface area contributed by atoms with Gasteiger partial charge in [0.25, 0.3) is 5.60 Å². The summed E-state index contributed by atoms with van der Waals surface area (Å²) in [6, 6.07) is 8.89. The summed E-state index contributed by atoms with van der Waals surface area (Å²) in [4.78, 5) is 26.7. The highest BCUT2D eigenvalue weighted by Crippen LogP contribution is 2.45. The van der Waals surface area contributed by atoms with Crippen LogP contribution in [0.25, 0.3) is 0 Å². The van der Waals surface area contributed by atoms with E-state index in [1.807, 2.05) is 6.07 Å². The fourth-order valence-electron chi connectivity index (χ4n) is 4.25. The Bertz CT molecular complexity index is 1000. The lowest BCUT2D eigenvalue weighted by atomic mass is 9.91. The average molecular weight is 519 g/mol. The number of hydrogen-bond acceptors (Lipinski definition) is 10. The van der Waals surface area contributed by atoms with Gasteiger partial charge in [-0.1, -0.05) is 42.3 Å². The van der Waals surface area contributed by atoms with E-state index in [2.05, 4.69) is 5.92 Å². The number of ether oxygens (including phenoxy) is 8. The Kier molecular flexibility index (Phi) is 9.47. The highest BCUT2D eigenvalue weighted by molar-refractivity contribution is 6.04. The van der Waals surface area contributed by atoms with Gasteiger partial charge in [-0.25, -0.2) is 9.59 Å². The van der Waals surface area contributed by atoms with E-state index in [1.54, 1.807) is 52.0 Å². The van der Waals surface area contributed by atoms with E-state index in [1.165, 1.54) is 13.2 Å². The van der Waals surface area contributed by atoms with Gasteiger partial charge in [0.1, 0.15) is 12.9 Å². The van der Waals surface area contributed by atoms with Crippen LogP contribution in [0, 0.1) is 12.3 Å². The summed E-state index contributed by atoms with van der Waals surface area (Å²) in [6.45, 7) is 6.22. The lowest BCUT2D eigenvalue weighted by Crippen LogP contribution is -2.57. The molecule has 37 heavy (non-hydrogen) atoms. The number of carbonyl (C=O) groups excluding carboxylic acids is 2. The Morgan fingerprint density at radius 3 is 2.54 bits per heavy atom. The molecular weight excluding hydrogens is 484 g/mol. The maximum absolute atomic E-state index is 13.4. The smallest absolute Gasteiger partial charge is 0.355 e. The number of rotatable bonds is 12. The molecule has 2 aliphatic heterocycles. The average Bonchev–Trinajstić information content (AvgIpc) is 3.33. The van der Waals surface area contributed by atoms with Gasteiger partial charge in [-0.2, -0.15) is 0 Å². The second kappa shape index (κ2) is 12.2. The molecule has 0 bridgehead atoms. The number of benzene rings is 1. The van der Waals surface area contributed by atoms with Crippen LogP contribution in [-0.2, 0) is 53.9 Å². The zero-order chi connectivity index (χ0) is 27.1. The summed E-state index contributed by atoms with van der Waals surface area (Å²) < 4.78 is 45.5. The normalized spacial score (nSPS) is 27.8. The van der Waals surface area contributed by atoms with E-state index >= 15 is 0 Å². The number of carbonyl (C=O) groups is 2. The van der Waals surface area contributed by atoms with E-state index < -0.39 is 47.4 Å². The minimum absolute atomic E-state index is 0.0156. The highest BCUT2D eigenvalue weighted by Gasteiger charge is 2.65. The second-order valence-corrected chi connectivity index (χ2v) is 8.93. The Labute approximate surface area is 217 Å². The Balaban J connectivity index is 1.97. The number of fused-ring (bicyclic) bond motifs is 1. The van der Waals surface area contributed by atoms with Gasteiger partial charge in [-0.05, 0) is 33.3 Å². The van der Waals surface area contributed by atoms with Crippen molar-refractivity contribution in [3.05, 3.63) is 48.2 Å². The summed E-state index contributed by atoms with van der Waals surface area (Å²) >= 11 is 0. The summed E-state index contributed by atoms with van der Waals surface area (Å²) in [6.07, 6.45) is 5.76. The zero-order valence-corrected chi connectivity index (χ0v) is 21.8. The minimum atomic E-state index is -2.17. The van der Waals surface area contributed by atoms with Crippen molar-refractivity contribution in [2.24, 2.45) is 0 Å². The first-order valence-corrected chi connectivity index (χ1v) is 12.0. The molecule has 5 atom stereocenters. The van der Waals surface area contributed by atoms with E-state index in [0.717, 1.165) is 6.26 Å². The molecule has 0 saturated carbocycles. The van der Waals surface area contributed by atoms with Crippen molar-refractivity contribution in [2.45, 2.75) is 69.6 Å². The van der Waals surface area contributed by atoms with Crippen LogP contribution in [0.2, 0.25) is 0 Å². The van der Waals surface area contributed by atoms with Gasteiger partial charge in [0.05, 0.1) is 19.5 Å². The number of allylic oxidation sites excluding steroid dienone is 1. The molecule has 0 aromatic heterocycles. The maximum atomic E-state index is 13.4. The van der Waals surface area contributed by atoms with Crippen LogP contribution in [0.4, 0.5) is 0 Å². The lowest BCUT2D eigenvalue weighted by Gasteiger charge is -2.35. The van der Waals surface area contributed by atoms with Crippen LogP contribution in [0.1, 0.15) is 33.3 Å². The Morgan fingerprint density at radius 2 is 1.92 bits per heavy atom. The minimum Gasteiger partial charge on any atom is -0.463 e. The lowest BCUT2D eigenvalue weighted by molar-refractivity contribution is -0.247. The van der Waals surface area contributed by atoms with Crippen molar-refractivity contribution in [1.82, 2.24) is 0 Å². The van der Waals surface area contributed by atoms with E-state index in [9.17, 15) is 9.59 Å². The van der Waals surface area contributed by atoms with Crippen molar-refractivity contribution in [1.29, 1.82) is 0 Å². The molecule has 10 heteroatoms. The van der Waals surface area contributed by atoms with Crippen LogP contribution in [-0.4, -0.2) is 74.5 Å². The van der Waals surface area contributed by atoms with Gasteiger partial charge in [0, 0.05) is 13.5 Å². The van der Waals surface area contributed by atoms with Gasteiger partial charge in [0.2, 0.25) is 0 Å². The van der Waals surface area contributed by atoms with Gasteiger partial charge < -0.3 is 37.9 Å². The highest BCUT2D eigenvalue weighted by atomic mass is 16.9. The van der Waals surface area contributed by atoms with Crippen LogP contribution < -0.4 is 0 Å². The fraction of sp³-hybridized carbons (Fsp3) is 0.556. The van der Waals surface area contributed by atoms with Gasteiger partial charge >= 0.3 is 11.9 Å². The quantitative estimate of drug-likeness (QED) is 0.135. The molecular formula is C27H34O10. The van der Waals surface area contributed by atoms with Crippen LogP contribution >= 0.6 is 0 Å². The molecule has 0 radical (unpaired) electrons. The molecule has 2 heterocycles. The van der Waals surface area contributed by atoms with Crippen molar-refractivity contribution in [2.75, 3.05) is 27.1 Å². The first kappa shape index (κ1) is 28.8. The van der Waals surface area contributed by atoms with E-state index in [-0.39, 0.29) is 26.4 Å². The van der Waals surface area contributed by atoms with E-state index in [4.69, 9.17) is 44.3 Å². The van der Waals surface area contributed by atoms with E-state index in [0.29, 0.717) is 5.56 Å². The Hall–Kier alpha value is -2.78. The molecule has 0 aliphatic carbocycles. The molecule has 0 amide bonds. The molecule has 202 valence electrons. The SMILES string of the molecule is C#C[C@@]1(OCOC)[C@@H](COC(Cc2ccccc2)(C(=O)O/C=C\C)C(=O)OCC)O[C@@H]2OC(C)(C)O[C@@H]21. The molecule has 0 N–H and O–H groups in total. The topological polar surface area (TPSA) is 108 Å². The van der Waals surface area contributed by atoms with Crippen LogP contribution in [0.15, 0.2) is 42.7 Å². The van der Waals surface area contributed by atoms with Crippen molar-refractivity contribution in [3.63, 3.8) is 0 Å². The summed E-state index contributed by atoms with van der Waals surface area (Å²) in [5.41, 5.74) is -3.03. The van der Waals surface area contributed by atoms with Gasteiger partial charge in [0.15, 0.2) is 23.8 Å². The van der Waals surface area contributed by atoms with Crippen molar-refractivity contribution < 1.29 is 47.5 Å². The molecule has 3 rings (SSSR count). The van der Waals surface area contributed by atoms with Crippen LogP contribution in [0.3, 0.4) is 0 Å². The van der Waals surface area contributed by atoms with Gasteiger partial charge in [-0.15, -0.1) is 6.42 Å². The monoisotopic (exact) mass is 518 g/mol. The maximum Gasteiger partial charge on any atom is 0.355 e. The first-order valence-electron chi connectivity index (χ1n) is 12.0. The van der Waals surface area contributed by atoms with Gasteiger partial charge in [-0.3, -0.25) is 0 Å². The number of terminal acetylenes is 1. The molecule has 2 saturated heterocycles. The molecule has 1 aromatic rings. The molecule has 0 spiro atoms. The predicted octanol–water partition coefficient (Wildman–Crippen LogP) is 2.49. The third-order valence-electron chi connectivity index (χ3n) is 5.92. The zero-order valence-electron chi connectivity index (χ0n) is 21.8. The largest absolute Gasteiger partial charge is 0.463 e. The summed E-state index contributed by atoms with van der Waals surface area (Å²) in [5, 5.41) is 0. The summed E-state index contributed by atoms with van der Waals surface area (Å²) in [5.74, 6) is -0.222. The molecule has 1 aromatic carbocycles. The molecule has 1 unspecified atom stereocenters. The third kappa shape index (κ3) is 6.04. The van der Waals surface area contributed by atoms with Crippen molar-refractivity contribution in [3.8, 4) is 12.3 Å². The molecule has 10 nitrogen and oxygen atoms in total. The summed E-state index contributed by atoms with van der Waals surface area (Å²) in [7, 11) is 1.45. The number of hydrogen-bond donors (Lipinski definition) is 0. The number of esters is 2. The van der Waals surface area contributed by atoms with Crippen molar-refractivity contribution >= 4 is 11.9 Å². The standard InChI is InChI=1S/C27H34O10/c1-7-15-32-24(29)27(23(28)31-9-3,16-19-13-11-10-12-14-19)33-17-20-26(8-2,34-18-30-6)21-22(35-20)37-25(4,5)36-21/h2,7,10-15,20-22H,9,16-18H2,1,3-6H3/b15-7-/t20-,21+,22-,26-,27?/m1/s1. The first-order chi connectivity index (χ1) is 17.7. The second-order valence-electron chi connectivity index (χ2n) is 8.93. The fourth-order valence-corrected chi connectivity index (χ4v) is 4.25. The molecule has 2 fully saturated rings.